The number of carbonyl (C=O) groups is 2. The Balaban J connectivity index is 1.62. The van der Waals surface area contributed by atoms with E-state index in [1.165, 1.54) is 0 Å². The number of nitrogens with one attached hydrogen (secondary N) is 1. The summed E-state index contributed by atoms with van der Waals surface area (Å²) in [5, 5.41) is 6.95. The zero-order chi connectivity index (χ0) is 23.4. The monoisotopic (exact) mass is 447 g/mol. The van der Waals surface area contributed by atoms with E-state index in [1.807, 2.05) is 55.5 Å². The fourth-order valence-electron chi connectivity index (χ4n) is 4.42. The van der Waals surface area contributed by atoms with Gasteiger partial charge in [-0.3, -0.25) is 9.59 Å². The molecule has 0 bridgehead atoms. The van der Waals surface area contributed by atoms with Gasteiger partial charge >= 0.3 is 0 Å². The van der Waals surface area contributed by atoms with Crippen LogP contribution in [0.25, 0.3) is 11.1 Å². The molecule has 0 saturated carbocycles. The molecule has 2 heterocycles. The standard InChI is InChI=1S/C26H29N3O4/c1-4-22-24(17(2)28-33-22)26(31)29-14-13-27-25(30)19(16-29)15-18-9-5-6-10-20(18)21-11-7-8-12-23(21)32-3/h5-12,19H,4,13-16H2,1-3H3,(H,27,30). The Hall–Kier alpha value is -3.61. The lowest BCUT2D eigenvalue weighted by Gasteiger charge is -2.24. The van der Waals surface area contributed by atoms with Gasteiger partial charge in [-0.25, -0.2) is 0 Å². The molecule has 7 heteroatoms. The van der Waals surface area contributed by atoms with Crippen molar-refractivity contribution in [2.24, 2.45) is 5.92 Å². The van der Waals surface area contributed by atoms with Gasteiger partial charge in [0.05, 0.1) is 18.7 Å². The highest BCUT2D eigenvalue weighted by molar-refractivity contribution is 5.96. The van der Waals surface area contributed by atoms with Crippen molar-refractivity contribution in [3.8, 4) is 16.9 Å². The van der Waals surface area contributed by atoms with E-state index in [4.69, 9.17) is 9.26 Å². The Bertz CT molecular complexity index is 1150. The maximum absolute atomic E-state index is 13.4. The van der Waals surface area contributed by atoms with Crippen LogP contribution in [-0.4, -0.2) is 48.6 Å². The summed E-state index contributed by atoms with van der Waals surface area (Å²) in [5.74, 6) is 0.807. The molecule has 2 aromatic carbocycles. The second-order valence-corrected chi connectivity index (χ2v) is 8.22. The minimum Gasteiger partial charge on any atom is -0.496 e. The lowest BCUT2D eigenvalue weighted by Crippen LogP contribution is -2.37. The Morgan fingerprint density at radius 2 is 1.91 bits per heavy atom. The Labute approximate surface area is 193 Å². The summed E-state index contributed by atoms with van der Waals surface area (Å²) in [6, 6.07) is 15.9. The van der Waals surface area contributed by atoms with Gasteiger partial charge in [-0.05, 0) is 30.5 Å². The zero-order valence-corrected chi connectivity index (χ0v) is 19.3. The number of rotatable bonds is 6. The number of methoxy groups -OCH3 is 1. The molecular formula is C26H29N3O4. The Kier molecular flexibility index (Phi) is 6.77. The molecule has 33 heavy (non-hydrogen) atoms. The minimum atomic E-state index is -0.377. The van der Waals surface area contributed by atoms with Crippen molar-refractivity contribution in [2.75, 3.05) is 26.7 Å². The molecule has 1 unspecified atom stereocenters. The van der Waals surface area contributed by atoms with Crippen LogP contribution in [0, 0.1) is 12.8 Å². The number of aromatic nitrogens is 1. The van der Waals surface area contributed by atoms with Crippen molar-refractivity contribution in [1.29, 1.82) is 0 Å². The summed E-state index contributed by atoms with van der Waals surface area (Å²) < 4.78 is 10.9. The molecule has 1 aliphatic heterocycles. The molecule has 0 aliphatic carbocycles. The third kappa shape index (κ3) is 4.62. The average molecular weight is 448 g/mol. The van der Waals surface area contributed by atoms with Gasteiger partial charge in [0, 0.05) is 31.6 Å². The van der Waals surface area contributed by atoms with Crippen molar-refractivity contribution in [3.63, 3.8) is 0 Å². The number of aryl methyl sites for hydroxylation is 2. The summed E-state index contributed by atoms with van der Waals surface area (Å²) in [4.78, 5) is 28.0. The number of benzene rings is 2. The van der Waals surface area contributed by atoms with Crippen molar-refractivity contribution in [1.82, 2.24) is 15.4 Å². The molecule has 1 fully saturated rings. The average Bonchev–Trinajstić information content (AvgIpc) is 3.12. The van der Waals surface area contributed by atoms with Crippen molar-refractivity contribution in [2.45, 2.75) is 26.7 Å². The van der Waals surface area contributed by atoms with Gasteiger partial charge in [-0.15, -0.1) is 0 Å². The van der Waals surface area contributed by atoms with E-state index in [1.54, 1.807) is 18.9 Å². The minimum absolute atomic E-state index is 0.0436. The molecule has 1 aromatic heterocycles. The van der Waals surface area contributed by atoms with E-state index in [9.17, 15) is 9.59 Å². The molecule has 2 amide bonds. The second-order valence-electron chi connectivity index (χ2n) is 8.22. The number of amides is 2. The molecule has 172 valence electrons. The topological polar surface area (TPSA) is 84.7 Å². The molecule has 4 rings (SSSR count). The summed E-state index contributed by atoms with van der Waals surface area (Å²) in [6.45, 7) is 4.91. The summed E-state index contributed by atoms with van der Waals surface area (Å²) in [7, 11) is 1.65. The maximum atomic E-state index is 13.4. The molecule has 1 saturated heterocycles. The van der Waals surface area contributed by atoms with E-state index in [-0.39, 0.29) is 17.7 Å². The van der Waals surface area contributed by atoms with Crippen LogP contribution in [0.15, 0.2) is 53.1 Å². The zero-order valence-electron chi connectivity index (χ0n) is 19.3. The third-order valence-corrected chi connectivity index (χ3v) is 6.13. The van der Waals surface area contributed by atoms with Gasteiger partial charge in [-0.1, -0.05) is 54.5 Å². The molecule has 0 radical (unpaired) electrons. The molecule has 1 aliphatic rings. The molecule has 1 atom stereocenters. The van der Waals surface area contributed by atoms with Crippen LogP contribution in [0.1, 0.15) is 34.3 Å². The maximum Gasteiger partial charge on any atom is 0.259 e. The van der Waals surface area contributed by atoms with E-state index < -0.39 is 0 Å². The molecule has 3 aromatic rings. The predicted octanol–water partition coefficient (Wildman–Crippen LogP) is 3.65. The highest BCUT2D eigenvalue weighted by Gasteiger charge is 2.31. The van der Waals surface area contributed by atoms with E-state index >= 15 is 0 Å². The number of para-hydroxylation sites is 1. The SMILES string of the molecule is CCc1onc(C)c1C(=O)N1CCNC(=O)C(Cc2ccccc2-c2ccccc2OC)C1. The molecule has 1 N–H and O–H groups in total. The summed E-state index contributed by atoms with van der Waals surface area (Å²) >= 11 is 0. The van der Waals surface area contributed by atoms with Crippen LogP contribution in [0.4, 0.5) is 0 Å². The normalized spacial score (nSPS) is 16.3. The van der Waals surface area contributed by atoms with Crippen LogP contribution in [0.3, 0.4) is 0 Å². The second kappa shape index (κ2) is 9.90. The summed E-state index contributed by atoms with van der Waals surface area (Å²) in [5.41, 5.74) is 4.13. The lowest BCUT2D eigenvalue weighted by molar-refractivity contribution is -0.124. The number of ether oxygens (including phenoxy) is 1. The van der Waals surface area contributed by atoms with Gasteiger partial charge < -0.3 is 19.5 Å². The Morgan fingerprint density at radius 3 is 2.67 bits per heavy atom. The first-order valence-electron chi connectivity index (χ1n) is 11.3. The predicted molar refractivity (Wildman–Crippen MR) is 125 cm³/mol. The first-order chi connectivity index (χ1) is 16.0. The smallest absolute Gasteiger partial charge is 0.259 e. The van der Waals surface area contributed by atoms with E-state index in [0.29, 0.717) is 49.5 Å². The number of nitrogens with zero attached hydrogens (tertiary/aromatic N) is 2. The fraction of sp³-hybridized carbons (Fsp3) is 0.346. The third-order valence-electron chi connectivity index (χ3n) is 6.13. The number of hydrogen-bond acceptors (Lipinski definition) is 5. The fourth-order valence-corrected chi connectivity index (χ4v) is 4.42. The highest BCUT2D eigenvalue weighted by Crippen LogP contribution is 2.33. The molecule has 7 nitrogen and oxygen atoms in total. The van der Waals surface area contributed by atoms with Crippen molar-refractivity contribution < 1.29 is 18.8 Å². The molecular weight excluding hydrogens is 418 g/mol. The summed E-state index contributed by atoms with van der Waals surface area (Å²) in [6.07, 6.45) is 1.09. The van der Waals surface area contributed by atoms with E-state index in [2.05, 4.69) is 10.5 Å². The van der Waals surface area contributed by atoms with E-state index in [0.717, 1.165) is 22.4 Å². The van der Waals surface area contributed by atoms with Gasteiger partial charge in [0.25, 0.3) is 5.91 Å². The van der Waals surface area contributed by atoms with Crippen molar-refractivity contribution in [3.05, 3.63) is 71.1 Å². The van der Waals surface area contributed by atoms with Crippen LogP contribution in [-0.2, 0) is 17.6 Å². The first kappa shape index (κ1) is 22.6. The quantitative estimate of drug-likeness (QED) is 0.624. The first-order valence-corrected chi connectivity index (χ1v) is 11.3. The van der Waals surface area contributed by atoms with Gasteiger partial charge in [0.1, 0.15) is 17.1 Å². The lowest BCUT2D eigenvalue weighted by atomic mass is 9.91. The van der Waals surface area contributed by atoms with Crippen LogP contribution in [0.2, 0.25) is 0 Å². The van der Waals surface area contributed by atoms with Gasteiger partial charge in [-0.2, -0.15) is 0 Å². The largest absolute Gasteiger partial charge is 0.496 e. The van der Waals surface area contributed by atoms with Crippen LogP contribution in [0.5, 0.6) is 5.75 Å². The molecule has 0 spiro atoms. The van der Waals surface area contributed by atoms with Gasteiger partial charge in [0.2, 0.25) is 5.91 Å². The number of hydrogen-bond donors (Lipinski definition) is 1. The highest BCUT2D eigenvalue weighted by atomic mass is 16.5. The van der Waals surface area contributed by atoms with Crippen LogP contribution < -0.4 is 10.1 Å². The van der Waals surface area contributed by atoms with Crippen molar-refractivity contribution >= 4 is 11.8 Å². The van der Waals surface area contributed by atoms with Gasteiger partial charge in [0.15, 0.2) is 0 Å². The van der Waals surface area contributed by atoms with Crippen LogP contribution >= 0.6 is 0 Å². The number of carbonyl (C=O) groups excluding carboxylic acids is 2. The Morgan fingerprint density at radius 1 is 1.18 bits per heavy atom.